The molecule has 0 spiro atoms. The van der Waals surface area contributed by atoms with Crippen molar-refractivity contribution in [3.63, 3.8) is 0 Å². The van der Waals surface area contributed by atoms with Crippen LogP contribution in [0.15, 0.2) is 18.2 Å². The number of nitrogens with zero attached hydrogens (tertiary/aromatic N) is 1. The smallest absolute Gasteiger partial charge is 0.408 e. The van der Waals surface area contributed by atoms with Crippen molar-refractivity contribution in [1.82, 2.24) is 15.5 Å². The Bertz CT molecular complexity index is 896. The Morgan fingerprint density at radius 3 is 2.32 bits per heavy atom. The minimum Gasteiger partial charge on any atom is -0.507 e. The van der Waals surface area contributed by atoms with Crippen molar-refractivity contribution in [2.45, 2.75) is 84.5 Å². The van der Waals surface area contributed by atoms with Crippen molar-refractivity contribution >= 4 is 23.8 Å². The molecule has 34 heavy (non-hydrogen) atoms. The van der Waals surface area contributed by atoms with E-state index < -0.39 is 47.9 Å². The average molecular weight is 479 g/mol. The second kappa shape index (κ2) is 12.2. The Morgan fingerprint density at radius 2 is 1.79 bits per heavy atom. The fourth-order valence-electron chi connectivity index (χ4n) is 3.48. The van der Waals surface area contributed by atoms with Crippen molar-refractivity contribution in [2.75, 3.05) is 7.05 Å². The summed E-state index contributed by atoms with van der Waals surface area (Å²) in [5.74, 6) is -2.20. The topological polar surface area (TPSA) is 151 Å². The Labute approximate surface area is 201 Å². The fraction of sp³-hybridized carbons (Fsp3) is 0.583. The standard InChI is InChI=1S/C24H38N4O6/c1-8-10-15(3)26-21(31)19(16-12-9-11-14(2)20(16)30)28(7)22(32)17(13-18(25)29)27-23(33)34-24(4,5)6/h9,11-12,15,17,19,30H,8,10,13H2,1-7H3,(H2,25,29)(H,26,31)(H,27,33). The number of aryl methyl sites for hydroxylation is 1. The molecule has 10 nitrogen and oxygen atoms in total. The summed E-state index contributed by atoms with van der Waals surface area (Å²) in [7, 11) is 1.36. The molecular formula is C24H38N4O6. The summed E-state index contributed by atoms with van der Waals surface area (Å²) < 4.78 is 5.19. The van der Waals surface area contributed by atoms with Crippen LogP contribution in [-0.2, 0) is 19.1 Å². The third kappa shape index (κ3) is 8.57. The van der Waals surface area contributed by atoms with E-state index in [1.54, 1.807) is 45.9 Å². The number of hydrogen-bond acceptors (Lipinski definition) is 6. The first kappa shape index (κ1) is 28.7. The van der Waals surface area contributed by atoms with Crippen LogP contribution in [0.4, 0.5) is 4.79 Å². The summed E-state index contributed by atoms with van der Waals surface area (Å²) in [6.45, 7) is 10.5. The number of hydrogen-bond donors (Lipinski definition) is 4. The normalized spacial score (nSPS) is 13.9. The number of alkyl carbamates (subject to hydrolysis) is 1. The molecule has 190 valence electrons. The Balaban J connectivity index is 3.35. The first-order valence-corrected chi connectivity index (χ1v) is 11.3. The zero-order valence-electron chi connectivity index (χ0n) is 21.1. The number of para-hydroxylation sites is 1. The molecule has 0 aliphatic rings. The number of carbonyl (C=O) groups is 4. The van der Waals surface area contributed by atoms with E-state index in [2.05, 4.69) is 10.6 Å². The number of carbonyl (C=O) groups excluding carboxylic acids is 4. The molecule has 3 unspecified atom stereocenters. The van der Waals surface area contributed by atoms with Gasteiger partial charge in [-0.15, -0.1) is 0 Å². The predicted molar refractivity (Wildman–Crippen MR) is 128 cm³/mol. The van der Waals surface area contributed by atoms with Gasteiger partial charge in [0.1, 0.15) is 23.4 Å². The number of aromatic hydroxyl groups is 1. The van der Waals surface area contributed by atoms with E-state index in [9.17, 15) is 24.3 Å². The SMILES string of the molecule is CCCC(C)NC(=O)C(c1cccc(C)c1O)N(C)C(=O)C(CC(N)=O)NC(=O)OC(C)(C)C. The summed E-state index contributed by atoms with van der Waals surface area (Å²) in [6.07, 6.45) is 0.164. The minimum atomic E-state index is -1.37. The molecule has 1 aromatic rings. The van der Waals surface area contributed by atoms with Crippen LogP contribution in [-0.4, -0.2) is 58.6 Å². The molecule has 1 rings (SSSR count). The Hall–Kier alpha value is -3.30. The van der Waals surface area contributed by atoms with Crippen LogP contribution in [0.2, 0.25) is 0 Å². The van der Waals surface area contributed by atoms with Gasteiger partial charge < -0.3 is 31.1 Å². The van der Waals surface area contributed by atoms with E-state index in [1.807, 2.05) is 13.8 Å². The molecule has 0 bridgehead atoms. The molecule has 0 aliphatic carbocycles. The lowest BCUT2D eigenvalue weighted by Gasteiger charge is -2.32. The van der Waals surface area contributed by atoms with Crippen LogP contribution in [0.1, 0.15) is 71.0 Å². The van der Waals surface area contributed by atoms with E-state index in [0.717, 1.165) is 17.7 Å². The van der Waals surface area contributed by atoms with Crippen molar-refractivity contribution in [2.24, 2.45) is 5.73 Å². The van der Waals surface area contributed by atoms with Gasteiger partial charge in [-0.05, 0) is 46.6 Å². The van der Waals surface area contributed by atoms with E-state index in [-0.39, 0.29) is 17.4 Å². The van der Waals surface area contributed by atoms with Gasteiger partial charge >= 0.3 is 6.09 Å². The summed E-state index contributed by atoms with van der Waals surface area (Å²) in [5, 5.41) is 15.9. The highest BCUT2D eigenvalue weighted by molar-refractivity contribution is 5.94. The monoisotopic (exact) mass is 478 g/mol. The van der Waals surface area contributed by atoms with Gasteiger partial charge in [-0.2, -0.15) is 0 Å². The summed E-state index contributed by atoms with van der Waals surface area (Å²) >= 11 is 0. The van der Waals surface area contributed by atoms with Gasteiger partial charge in [0, 0.05) is 18.7 Å². The molecular weight excluding hydrogens is 440 g/mol. The number of benzene rings is 1. The quantitative estimate of drug-likeness (QED) is 0.405. The van der Waals surface area contributed by atoms with Gasteiger partial charge in [0.2, 0.25) is 17.7 Å². The molecule has 0 saturated carbocycles. The lowest BCUT2D eigenvalue weighted by Crippen LogP contribution is -2.53. The molecule has 0 fully saturated rings. The molecule has 0 radical (unpaired) electrons. The maximum absolute atomic E-state index is 13.4. The molecule has 0 saturated heterocycles. The molecule has 0 aromatic heterocycles. The number of rotatable bonds is 10. The highest BCUT2D eigenvalue weighted by Gasteiger charge is 2.36. The second-order valence-corrected chi connectivity index (χ2v) is 9.43. The van der Waals surface area contributed by atoms with Gasteiger partial charge in [-0.25, -0.2) is 4.79 Å². The zero-order valence-corrected chi connectivity index (χ0v) is 21.1. The van der Waals surface area contributed by atoms with Gasteiger partial charge in [-0.1, -0.05) is 31.5 Å². The highest BCUT2D eigenvalue weighted by atomic mass is 16.6. The van der Waals surface area contributed by atoms with Crippen LogP contribution in [0, 0.1) is 6.92 Å². The molecule has 0 heterocycles. The predicted octanol–water partition coefficient (Wildman–Crippen LogP) is 2.27. The average Bonchev–Trinajstić information content (AvgIpc) is 2.68. The Morgan fingerprint density at radius 1 is 1.18 bits per heavy atom. The number of ether oxygens (including phenoxy) is 1. The molecule has 0 aliphatic heterocycles. The Kier molecular flexibility index (Phi) is 10.3. The summed E-state index contributed by atoms with van der Waals surface area (Å²) in [6, 6.07) is 2.13. The van der Waals surface area contributed by atoms with Crippen LogP contribution in [0.25, 0.3) is 0 Å². The van der Waals surface area contributed by atoms with Crippen LogP contribution < -0.4 is 16.4 Å². The lowest BCUT2D eigenvalue weighted by atomic mass is 9.99. The third-order valence-electron chi connectivity index (χ3n) is 5.05. The minimum absolute atomic E-state index is 0.128. The number of phenols is 1. The molecule has 10 heteroatoms. The van der Waals surface area contributed by atoms with Gasteiger partial charge in [0.15, 0.2) is 0 Å². The largest absolute Gasteiger partial charge is 0.507 e. The van der Waals surface area contributed by atoms with E-state index >= 15 is 0 Å². The van der Waals surface area contributed by atoms with Crippen LogP contribution in [0.3, 0.4) is 0 Å². The molecule has 5 N–H and O–H groups in total. The molecule has 1 aromatic carbocycles. The van der Waals surface area contributed by atoms with E-state index in [4.69, 9.17) is 10.5 Å². The van der Waals surface area contributed by atoms with Crippen LogP contribution >= 0.6 is 0 Å². The zero-order chi connectivity index (χ0) is 26.2. The number of nitrogens with one attached hydrogen (secondary N) is 2. The van der Waals surface area contributed by atoms with Gasteiger partial charge in [0.25, 0.3) is 0 Å². The number of nitrogens with two attached hydrogens (primary N) is 1. The number of primary amides is 1. The molecule has 3 atom stereocenters. The first-order chi connectivity index (χ1) is 15.7. The van der Waals surface area contributed by atoms with E-state index in [1.165, 1.54) is 7.05 Å². The van der Waals surface area contributed by atoms with E-state index in [0.29, 0.717) is 5.56 Å². The van der Waals surface area contributed by atoms with Gasteiger partial charge in [-0.3, -0.25) is 14.4 Å². The van der Waals surface area contributed by atoms with Crippen molar-refractivity contribution in [3.05, 3.63) is 29.3 Å². The molecule has 4 amide bonds. The maximum atomic E-state index is 13.4. The fourth-order valence-corrected chi connectivity index (χ4v) is 3.48. The number of likely N-dealkylation sites (N-methyl/N-ethyl adjacent to an activating group) is 1. The van der Waals surface area contributed by atoms with Crippen molar-refractivity contribution in [3.8, 4) is 5.75 Å². The highest BCUT2D eigenvalue weighted by Crippen LogP contribution is 2.31. The number of amides is 4. The number of phenolic OH excluding ortho intramolecular Hbond substituents is 1. The van der Waals surface area contributed by atoms with Gasteiger partial charge in [0.05, 0.1) is 6.42 Å². The summed E-state index contributed by atoms with van der Waals surface area (Å²) in [4.78, 5) is 51.7. The second-order valence-electron chi connectivity index (χ2n) is 9.43. The van der Waals surface area contributed by atoms with Crippen molar-refractivity contribution in [1.29, 1.82) is 0 Å². The third-order valence-corrected chi connectivity index (χ3v) is 5.05. The summed E-state index contributed by atoms with van der Waals surface area (Å²) in [5.41, 5.74) is 5.21. The van der Waals surface area contributed by atoms with Crippen molar-refractivity contribution < 1.29 is 29.0 Å². The lowest BCUT2D eigenvalue weighted by molar-refractivity contribution is -0.142. The van der Waals surface area contributed by atoms with Crippen LogP contribution in [0.5, 0.6) is 5.75 Å². The first-order valence-electron chi connectivity index (χ1n) is 11.3. The maximum Gasteiger partial charge on any atom is 0.408 e.